The minimum Gasteiger partial charge on any atom is -0.352 e. The highest BCUT2D eigenvalue weighted by Gasteiger charge is 2.33. The quantitative estimate of drug-likeness (QED) is 0.272. The van der Waals surface area contributed by atoms with Crippen LogP contribution in [0.15, 0.2) is 72.8 Å². The molecule has 7 nitrogen and oxygen atoms in total. The van der Waals surface area contributed by atoms with Gasteiger partial charge in [0.15, 0.2) is 0 Å². The number of carbonyl (C=O) groups is 2. The summed E-state index contributed by atoms with van der Waals surface area (Å²) in [5, 5.41) is 3.69. The summed E-state index contributed by atoms with van der Waals surface area (Å²) in [6, 6.07) is 20.3. The van der Waals surface area contributed by atoms with Gasteiger partial charge in [-0.2, -0.15) is 0 Å². The van der Waals surface area contributed by atoms with Crippen molar-refractivity contribution in [3.05, 3.63) is 99.5 Å². The van der Waals surface area contributed by atoms with Crippen LogP contribution in [0.3, 0.4) is 0 Å². The second kappa shape index (κ2) is 13.9. The standard InChI is InChI=1S/C32H39Cl2N3O4S/c1-22(2)35-31(39)29(18-23-10-8-7-9-11-23)36(20-24-12-15-26(33)19-28(24)34)30(38)21-37(42(6,40)41)27-16-13-25(14-17-27)32(3,4)5/h7-17,19,22,29H,18,20-21H2,1-6H3,(H,35,39)/t29-/m0/s1. The number of benzene rings is 3. The molecule has 42 heavy (non-hydrogen) atoms. The van der Waals surface area contributed by atoms with Gasteiger partial charge in [0, 0.05) is 29.1 Å². The average molecular weight is 633 g/mol. The van der Waals surface area contributed by atoms with E-state index < -0.39 is 28.5 Å². The van der Waals surface area contributed by atoms with Gasteiger partial charge in [-0.05, 0) is 60.2 Å². The molecular formula is C32H39Cl2N3O4S. The van der Waals surface area contributed by atoms with E-state index in [9.17, 15) is 18.0 Å². The molecule has 0 aromatic heterocycles. The second-order valence-corrected chi connectivity index (χ2v) is 14.4. The van der Waals surface area contributed by atoms with Gasteiger partial charge in [-0.3, -0.25) is 13.9 Å². The molecule has 0 aliphatic carbocycles. The van der Waals surface area contributed by atoms with Crippen LogP contribution in [0.1, 0.15) is 51.3 Å². The predicted octanol–water partition coefficient (Wildman–Crippen LogP) is 6.22. The van der Waals surface area contributed by atoms with Crippen molar-refractivity contribution in [2.45, 2.75) is 65.1 Å². The molecule has 1 atom stereocenters. The Kier molecular flexibility index (Phi) is 11.1. The third kappa shape index (κ3) is 9.21. The number of hydrogen-bond acceptors (Lipinski definition) is 4. The molecule has 3 aromatic rings. The summed E-state index contributed by atoms with van der Waals surface area (Å²) in [7, 11) is -3.86. The normalized spacial score (nSPS) is 12.6. The van der Waals surface area contributed by atoms with E-state index in [0.717, 1.165) is 21.7 Å². The molecule has 0 heterocycles. The Hall–Kier alpha value is -3.07. The Bertz CT molecular complexity index is 1490. The van der Waals surface area contributed by atoms with Crippen LogP contribution in [0.5, 0.6) is 0 Å². The monoisotopic (exact) mass is 631 g/mol. The fraction of sp³-hybridized carbons (Fsp3) is 0.375. The molecule has 0 fully saturated rings. The number of carbonyl (C=O) groups excluding carboxylic acids is 2. The van der Waals surface area contributed by atoms with Crippen molar-refractivity contribution in [3.63, 3.8) is 0 Å². The summed E-state index contributed by atoms with van der Waals surface area (Å²) in [4.78, 5) is 29.2. The Morgan fingerprint density at radius 2 is 1.55 bits per heavy atom. The zero-order valence-electron chi connectivity index (χ0n) is 24.9. The van der Waals surface area contributed by atoms with Crippen molar-refractivity contribution in [2.75, 3.05) is 17.1 Å². The van der Waals surface area contributed by atoms with Gasteiger partial charge >= 0.3 is 0 Å². The number of rotatable bonds is 11. The minimum absolute atomic E-state index is 0.0294. The summed E-state index contributed by atoms with van der Waals surface area (Å²) < 4.78 is 27.1. The number of hydrogen-bond donors (Lipinski definition) is 1. The average Bonchev–Trinajstić information content (AvgIpc) is 2.89. The van der Waals surface area contributed by atoms with Gasteiger partial charge in [-0.15, -0.1) is 0 Å². The van der Waals surface area contributed by atoms with E-state index in [-0.39, 0.29) is 30.3 Å². The molecule has 3 aromatic carbocycles. The lowest BCUT2D eigenvalue weighted by Crippen LogP contribution is -2.54. The first-order chi connectivity index (χ1) is 19.6. The largest absolute Gasteiger partial charge is 0.352 e. The Balaban J connectivity index is 2.08. The Morgan fingerprint density at radius 1 is 0.929 bits per heavy atom. The Labute approximate surface area is 259 Å². The predicted molar refractivity (Wildman–Crippen MR) is 172 cm³/mol. The van der Waals surface area contributed by atoms with Crippen molar-refractivity contribution in [1.82, 2.24) is 10.2 Å². The molecule has 0 radical (unpaired) electrons. The van der Waals surface area contributed by atoms with Crippen LogP contribution in [0.25, 0.3) is 0 Å². The zero-order chi connectivity index (χ0) is 31.2. The number of nitrogens with zero attached hydrogens (tertiary/aromatic N) is 2. The van der Waals surface area contributed by atoms with Gasteiger partial charge in [-0.1, -0.05) is 92.5 Å². The van der Waals surface area contributed by atoms with Crippen LogP contribution in [0.2, 0.25) is 10.0 Å². The van der Waals surface area contributed by atoms with E-state index in [4.69, 9.17) is 23.2 Å². The lowest BCUT2D eigenvalue weighted by Gasteiger charge is -2.34. The molecule has 2 amide bonds. The van der Waals surface area contributed by atoms with E-state index in [1.807, 2.05) is 56.3 Å². The fourth-order valence-corrected chi connectivity index (χ4v) is 5.83. The van der Waals surface area contributed by atoms with Gasteiger partial charge < -0.3 is 10.2 Å². The van der Waals surface area contributed by atoms with E-state index in [1.54, 1.807) is 30.3 Å². The summed E-state index contributed by atoms with van der Waals surface area (Å²) in [5.74, 6) is -0.904. The van der Waals surface area contributed by atoms with Gasteiger partial charge in [0.1, 0.15) is 12.6 Å². The minimum atomic E-state index is -3.86. The lowest BCUT2D eigenvalue weighted by molar-refractivity contribution is -0.140. The Morgan fingerprint density at radius 3 is 2.07 bits per heavy atom. The topological polar surface area (TPSA) is 86.8 Å². The van der Waals surface area contributed by atoms with E-state index in [0.29, 0.717) is 21.3 Å². The van der Waals surface area contributed by atoms with Crippen LogP contribution in [-0.2, 0) is 38.0 Å². The van der Waals surface area contributed by atoms with Crippen LogP contribution in [0.4, 0.5) is 5.69 Å². The molecule has 0 saturated heterocycles. The molecule has 10 heteroatoms. The molecule has 3 rings (SSSR count). The first kappa shape index (κ1) is 33.4. The number of nitrogens with one attached hydrogen (secondary N) is 1. The molecule has 0 aliphatic rings. The summed E-state index contributed by atoms with van der Waals surface area (Å²) in [5.41, 5.74) is 2.67. The van der Waals surface area contributed by atoms with Crippen LogP contribution in [0, 0.1) is 0 Å². The van der Waals surface area contributed by atoms with Crippen molar-refractivity contribution in [3.8, 4) is 0 Å². The summed E-state index contributed by atoms with van der Waals surface area (Å²) in [6.07, 6.45) is 1.28. The summed E-state index contributed by atoms with van der Waals surface area (Å²) >= 11 is 12.6. The zero-order valence-corrected chi connectivity index (χ0v) is 27.2. The van der Waals surface area contributed by atoms with Crippen molar-refractivity contribution in [2.24, 2.45) is 0 Å². The highest BCUT2D eigenvalue weighted by Crippen LogP contribution is 2.27. The maximum Gasteiger partial charge on any atom is 0.244 e. The van der Waals surface area contributed by atoms with Crippen LogP contribution in [-0.4, -0.2) is 50.0 Å². The first-order valence-electron chi connectivity index (χ1n) is 13.7. The highest BCUT2D eigenvalue weighted by molar-refractivity contribution is 7.92. The van der Waals surface area contributed by atoms with Gasteiger partial charge in [-0.25, -0.2) is 8.42 Å². The van der Waals surface area contributed by atoms with Crippen LogP contribution < -0.4 is 9.62 Å². The van der Waals surface area contributed by atoms with Gasteiger partial charge in [0.2, 0.25) is 21.8 Å². The van der Waals surface area contributed by atoms with Crippen molar-refractivity contribution in [1.29, 1.82) is 0 Å². The highest BCUT2D eigenvalue weighted by atomic mass is 35.5. The number of halogens is 2. The van der Waals surface area contributed by atoms with E-state index >= 15 is 0 Å². The van der Waals surface area contributed by atoms with E-state index in [2.05, 4.69) is 26.1 Å². The maximum absolute atomic E-state index is 14.2. The van der Waals surface area contributed by atoms with Gasteiger partial charge in [0.05, 0.1) is 11.9 Å². The molecule has 226 valence electrons. The number of sulfonamides is 1. The molecule has 1 N–H and O–H groups in total. The SMILES string of the molecule is CC(C)NC(=O)[C@H](Cc1ccccc1)N(Cc1ccc(Cl)cc1Cl)C(=O)CN(c1ccc(C(C)(C)C)cc1)S(C)(=O)=O. The van der Waals surface area contributed by atoms with Crippen LogP contribution >= 0.6 is 23.2 Å². The lowest BCUT2D eigenvalue weighted by atomic mass is 9.87. The van der Waals surface area contributed by atoms with Gasteiger partial charge in [0.25, 0.3) is 0 Å². The number of anilines is 1. The molecular weight excluding hydrogens is 593 g/mol. The third-order valence-electron chi connectivity index (χ3n) is 6.76. The number of amides is 2. The fourth-order valence-electron chi connectivity index (χ4n) is 4.51. The molecule has 0 bridgehead atoms. The smallest absolute Gasteiger partial charge is 0.244 e. The second-order valence-electron chi connectivity index (χ2n) is 11.7. The van der Waals surface area contributed by atoms with Crippen molar-refractivity contribution < 1.29 is 18.0 Å². The summed E-state index contributed by atoms with van der Waals surface area (Å²) in [6.45, 7) is 9.34. The first-order valence-corrected chi connectivity index (χ1v) is 16.3. The maximum atomic E-state index is 14.2. The van der Waals surface area contributed by atoms with Crippen molar-refractivity contribution >= 4 is 50.7 Å². The molecule has 0 spiro atoms. The molecule has 0 unspecified atom stereocenters. The third-order valence-corrected chi connectivity index (χ3v) is 8.49. The molecule has 0 saturated carbocycles. The van der Waals surface area contributed by atoms with E-state index in [1.165, 1.54) is 4.90 Å². The molecule has 0 aliphatic heterocycles.